The Morgan fingerprint density at radius 2 is 2.29 bits per heavy atom. The number of nitrogens with zero attached hydrogens (tertiary/aromatic N) is 3. The fourth-order valence-electron chi connectivity index (χ4n) is 0.985. The molecule has 0 atom stereocenters. The quantitative estimate of drug-likeness (QED) is 0.576. The molecule has 0 amide bonds. The Bertz CT molecular complexity index is 353. The maximum Gasteiger partial charge on any atom is 0.276 e. The minimum atomic E-state index is -0.481. The lowest BCUT2D eigenvalue weighted by Crippen LogP contribution is -2.17. The summed E-state index contributed by atoms with van der Waals surface area (Å²) in [5.41, 5.74) is 5.41. The van der Waals surface area contributed by atoms with E-state index in [1.165, 1.54) is 12.1 Å². The molecule has 0 saturated carbocycles. The van der Waals surface area contributed by atoms with Gasteiger partial charge in [-0.05, 0) is 6.92 Å². The van der Waals surface area contributed by atoms with Crippen molar-refractivity contribution in [2.45, 2.75) is 6.92 Å². The van der Waals surface area contributed by atoms with Crippen molar-refractivity contribution in [3.8, 4) is 0 Å². The molecule has 0 aliphatic rings. The summed E-state index contributed by atoms with van der Waals surface area (Å²) >= 11 is 0. The third-order valence-corrected chi connectivity index (χ3v) is 1.89. The summed E-state index contributed by atoms with van der Waals surface area (Å²) < 4.78 is 0. The first kappa shape index (κ1) is 10.2. The van der Waals surface area contributed by atoms with Crippen molar-refractivity contribution in [3.05, 3.63) is 22.2 Å². The zero-order chi connectivity index (χ0) is 10.7. The Balaban J connectivity index is 3.13. The average Bonchev–Trinajstić information content (AvgIpc) is 2.15. The molecule has 1 heterocycles. The number of rotatable bonds is 3. The smallest absolute Gasteiger partial charge is 0.276 e. The number of aromatic nitrogens is 1. The Kier molecular flexibility index (Phi) is 2.85. The van der Waals surface area contributed by atoms with E-state index in [0.717, 1.165) is 0 Å². The van der Waals surface area contributed by atoms with Crippen LogP contribution < -0.4 is 10.6 Å². The molecule has 2 N–H and O–H groups in total. The molecular weight excluding hydrogens is 184 g/mol. The molecule has 14 heavy (non-hydrogen) atoms. The number of nitro groups is 1. The van der Waals surface area contributed by atoms with Gasteiger partial charge in [0.1, 0.15) is 11.6 Å². The van der Waals surface area contributed by atoms with Gasteiger partial charge in [-0.15, -0.1) is 0 Å². The summed E-state index contributed by atoms with van der Waals surface area (Å²) in [6.07, 6.45) is 0. The topological polar surface area (TPSA) is 85.3 Å². The summed E-state index contributed by atoms with van der Waals surface area (Å²) in [6.45, 7) is 2.64. The molecular formula is C8H12N4O2. The van der Waals surface area contributed by atoms with Crippen LogP contribution in [0.2, 0.25) is 0 Å². The number of anilines is 2. The first-order valence-electron chi connectivity index (χ1n) is 4.17. The second-order valence-electron chi connectivity index (χ2n) is 2.88. The van der Waals surface area contributed by atoms with Gasteiger partial charge < -0.3 is 10.6 Å². The highest BCUT2D eigenvalue weighted by molar-refractivity contribution is 5.53. The molecule has 1 aromatic heterocycles. The zero-order valence-electron chi connectivity index (χ0n) is 8.10. The lowest BCUT2D eigenvalue weighted by atomic mass is 10.3. The largest absolute Gasteiger partial charge is 0.383 e. The molecule has 0 aliphatic carbocycles. The highest BCUT2D eigenvalue weighted by Gasteiger charge is 2.11. The number of nitrogens with two attached hydrogens (primary N) is 1. The summed E-state index contributed by atoms with van der Waals surface area (Å²) in [7, 11) is 1.80. The van der Waals surface area contributed by atoms with E-state index in [9.17, 15) is 10.1 Å². The SMILES string of the molecule is CCN(C)c1cc([N+](=O)[O-])cc(N)n1. The van der Waals surface area contributed by atoms with Crippen molar-refractivity contribution in [1.29, 1.82) is 0 Å². The van der Waals surface area contributed by atoms with Gasteiger partial charge in [-0.3, -0.25) is 10.1 Å². The second-order valence-corrected chi connectivity index (χ2v) is 2.88. The zero-order valence-corrected chi connectivity index (χ0v) is 8.10. The van der Waals surface area contributed by atoms with E-state index in [0.29, 0.717) is 12.4 Å². The molecule has 76 valence electrons. The van der Waals surface area contributed by atoms with Crippen LogP contribution in [0.3, 0.4) is 0 Å². The monoisotopic (exact) mass is 196 g/mol. The molecule has 0 bridgehead atoms. The summed E-state index contributed by atoms with van der Waals surface area (Å²) in [4.78, 5) is 15.8. The van der Waals surface area contributed by atoms with Gasteiger partial charge in [-0.25, -0.2) is 4.98 Å². The predicted octanol–water partition coefficient (Wildman–Crippen LogP) is 1.03. The number of nitrogen functional groups attached to an aromatic ring is 1. The van der Waals surface area contributed by atoms with Crippen LogP contribution in [0.4, 0.5) is 17.3 Å². The molecule has 0 radical (unpaired) electrons. The van der Waals surface area contributed by atoms with E-state index >= 15 is 0 Å². The van der Waals surface area contributed by atoms with E-state index in [4.69, 9.17) is 5.73 Å². The highest BCUT2D eigenvalue weighted by Crippen LogP contribution is 2.20. The van der Waals surface area contributed by atoms with Gasteiger partial charge in [0.25, 0.3) is 5.69 Å². The molecule has 0 aliphatic heterocycles. The Hall–Kier alpha value is -1.85. The van der Waals surface area contributed by atoms with Crippen molar-refractivity contribution >= 4 is 17.3 Å². The maximum absolute atomic E-state index is 10.5. The fraction of sp³-hybridized carbons (Fsp3) is 0.375. The van der Waals surface area contributed by atoms with Crippen LogP contribution in [0.1, 0.15) is 6.92 Å². The Labute approximate surface area is 81.5 Å². The van der Waals surface area contributed by atoms with Crippen molar-refractivity contribution < 1.29 is 4.92 Å². The molecule has 0 unspecified atom stereocenters. The molecule has 1 aromatic rings. The molecule has 6 nitrogen and oxygen atoms in total. The highest BCUT2D eigenvalue weighted by atomic mass is 16.6. The number of pyridine rings is 1. The third-order valence-electron chi connectivity index (χ3n) is 1.89. The van der Waals surface area contributed by atoms with Crippen LogP contribution in [0.5, 0.6) is 0 Å². The third kappa shape index (κ3) is 2.09. The minimum absolute atomic E-state index is 0.0344. The van der Waals surface area contributed by atoms with Gasteiger partial charge in [-0.2, -0.15) is 0 Å². The van der Waals surface area contributed by atoms with Crippen LogP contribution in [0, 0.1) is 10.1 Å². The van der Waals surface area contributed by atoms with Crippen LogP contribution >= 0.6 is 0 Å². The van der Waals surface area contributed by atoms with Gasteiger partial charge in [0, 0.05) is 13.6 Å². The summed E-state index contributed by atoms with van der Waals surface area (Å²) in [6, 6.07) is 2.65. The van der Waals surface area contributed by atoms with E-state index in [2.05, 4.69) is 4.98 Å². The van der Waals surface area contributed by atoms with Crippen LogP contribution in [-0.4, -0.2) is 23.5 Å². The number of hydrogen-bond donors (Lipinski definition) is 1. The molecule has 0 saturated heterocycles. The van der Waals surface area contributed by atoms with Crippen LogP contribution in [-0.2, 0) is 0 Å². The first-order valence-corrected chi connectivity index (χ1v) is 4.17. The normalized spacial score (nSPS) is 9.86. The molecule has 6 heteroatoms. The van der Waals surface area contributed by atoms with Crippen molar-refractivity contribution in [2.75, 3.05) is 24.2 Å². The van der Waals surface area contributed by atoms with Crippen LogP contribution in [0.25, 0.3) is 0 Å². The van der Waals surface area contributed by atoms with Gasteiger partial charge in [0.05, 0.1) is 17.1 Å². The Morgan fingerprint density at radius 3 is 2.79 bits per heavy atom. The fourth-order valence-corrected chi connectivity index (χ4v) is 0.985. The predicted molar refractivity (Wildman–Crippen MR) is 54.2 cm³/mol. The van der Waals surface area contributed by atoms with E-state index < -0.39 is 4.92 Å². The second kappa shape index (κ2) is 3.91. The lowest BCUT2D eigenvalue weighted by molar-refractivity contribution is -0.384. The Morgan fingerprint density at radius 1 is 1.64 bits per heavy atom. The lowest BCUT2D eigenvalue weighted by Gasteiger charge is -2.15. The molecule has 0 fully saturated rings. The molecule has 0 aromatic carbocycles. The van der Waals surface area contributed by atoms with Gasteiger partial charge in [0.2, 0.25) is 0 Å². The van der Waals surface area contributed by atoms with Gasteiger partial charge in [0.15, 0.2) is 0 Å². The standard InChI is InChI=1S/C8H12N4O2/c1-3-11(2)8-5-6(12(13)14)4-7(9)10-8/h4-5H,3H2,1-2H3,(H2,9,10). The van der Waals surface area contributed by atoms with Crippen molar-refractivity contribution in [2.24, 2.45) is 0 Å². The van der Waals surface area contributed by atoms with E-state index in [-0.39, 0.29) is 11.5 Å². The summed E-state index contributed by atoms with van der Waals surface area (Å²) in [5.74, 6) is 0.675. The van der Waals surface area contributed by atoms with E-state index in [1.807, 2.05) is 6.92 Å². The molecule has 1 rings (SSSR count). The van der Waals surface area contributed by atoms with Gasteiger partial charge >= 0.3 is 0 Å². The van der Waals surface area contributed by atoms with Crippen LogP contribution in [0.15, 0.2) is 12.1 Å². The first-order chi connectivity index (χ1) is 6.54. The van der Waals surface area contributed by atoms with Crippen molar-refractivity contribution in [1.82, 2.24) is 4.98 Å². The van der Waals surface area contributed by atoms with Crippen molar-refractivity contribution in [3.63, 3.8) is 0 Å². The van der Waals surface area contributed by atoms with Gasteiger partial charge in [-0.1, -0.05) is 0 Å². The maximum atomic E-state index is 10.5. The molecule has 0 spiro atoms. The number of hydrogen-bond acceptors (Lipinski definition) is 5. The minimum Gasteiger partial charge on any atom is -0.383 e. The summed E-state index contributed by atoms with van der Waals surface area (Å²) in [5, 5.41) is 10.5. The average molecular weight is 196 g/mol. The van der Waals surface area contributed by atoms with E-state index in [1.54, 1.807) is 11.9 Å².